The molecule has 25 heavy (non-hydrogen) atoms. The van der Waals surface area contributed by atoms with Crippen molar-refractivity contribution in [2.75, 3.05) is 17.3 Å². The fourth-order valence-electron chi connectivity index (χ4n) is 2.86. The van der Waals surface area contributed by atoms with Gasteiger partial charge in [-0.3, -0.25) is 9.59 Å². The molecule has 0 spiro atoms. The molecule has 1 N–H and O–H groups in total. The van der Waals surface area contributed by atoms with Crippen molar-refractivity contribution >= 4 is 23.2 Å². The van der Waals surface area contributed by atoms with Gasteiger partial charge in [0.25, 0.3) is 5.91 Å². The van der Waals surface area contributed by atoms with Gasteiger partial charge in [0.1, 0.15) is 0 Å². The van der Waals surface area contributed by atoms with Gasteiger partial charge in [-0.1, -0.05) is 12.1 Å². The maximum absolute atomic E-state index is 13.0. The number of carbonyl (C=O) groups excluding carboxylic acids is 2. The molecular weight excluding hydrogens is 333 g/mol. The summed E-state index contributed by atoms with van der Waals surface area (Å²) in [7, 11) is 1.66. The first-order chi connectivity index (χ1) is 11.8. The van der Waals surface area contributed by atoms with Crippen LogP contribution in [-0.2, 0) is 17.4 Å². The molecule has 130 valence electrons. The molecule has 1 heterocycles. The van der Waals surface area contributed by atoms with E-state index in [9.17, 15) is 22.8 Å². The van der Waals surface area contributed by atoms with Crippen LogP contribution in [0.2, 0.25) is 0 Å². The monoisotopic (exact) mass is 348 g/mol. The maximum atomic E-state index is 13.0. The van der Waals surface area contributed by atoms with Gasteiger partial charge < -0.3 is 10.2 Å². The predicted octanol–water partition coefficient (Wildman–Crippen LogP) is 3.87. The third-order valence-electron chi connectivity index (χ3n) is 4.16. The van der Waals surface area contributed by atoms with Crippen molar-refractivity contribution in [1.29, 1.82) is 0 Å². The van der Waals surface area contributed by atoms with E-state index < -0.39 is 23.2 Å². The summed E-state index contributed by atoms with van der Waals surface area (Å²) in [4.78, 5) is 25.5. The van der Waals surface area contributed by atoms with Crippen molar-refractivity contribution in [2.45, 2.75) is 19.0 Å². The van der Waals surface area contributed by atoms with Crippen LogP contribution in [0.25, 0.3) is 0 Å². The van der Waals surface area contributed by atoms with Crippen molar-refractivity contribution in [3.8, 4) is 0 Å². The number of hydrogen-bond donors (Lipinski definition) is 1. The second-order valence-electron chi connectivity index (χ2n) is 5.79. The van der Waals surface area contributed by atoms with Crippen molar-refractivity contribution < 1.29 is 22.8 Å². The Morgan fingerprint density at radius 3 is 2.56 bits per heavy atom. The number of alkyl halides is 3. The number of nitrogens with one attached hydrogen (secondary N) is 1. The highest BCUT2D eigenvalue weighted by molar-refractivity contribution is 6.06. The lowest BCUT2D eigenvalue weighted by Gasteiger charge is -2.26. The minimum atomic E-state index is -4.60. The molecule has 0 unspecified atom stereocenters. The van der Waals surface area contributed by atoms with Crippen LogP contribution in [0.3, 0.4) is 0 Å². The highest BCUT2D eigenvalue weighted by atomic mass is 19.4. The molecule has 2 aromatic rings. The Labute approximate surface area is 142 Å². The zero-order valence-electron chi connectivity index (χ0n) is 13.4. The van der Waals surface area contributed by atoms with E-state index in [1.165, 1.54) is 17.0 Å². The normalized spacial score (nSPS) is 14.2. The van der Waals surface area contributed by atoms with Crippen molar-refractivity contribution in [3.05, 3.63) is 59.2 Å². The largest absolute Gasteiger partial charge is 0.417 e. The second-order valence-corrected chi connectivity index (χ2v) is 5.79. The first kappa shape index (κ1) is 17.0. The first-order valence-corrected chi connectivity index (χ1v) is 7.64. The summed E-state index contributed by atoms with van der Waals surface area (Å²) in [6, 6.07) is 9.58. The Morgan fingerprint density at radius 2 is 1.84 bits per heavy atom. The van der Waals surface area contributed by atoms with Crippen LogP contribution in [-0.4, -0.2) is 18.9 Å². The smallest absolute Gasteiger partial charge is 0.322 e. The lowest BCUT2D eigenvalue weighted by molar-refractivity contribution is -0.137. The molecule has 2 aromatic carbocycles. The third-order valence-corrected chi connectivity index (χ3v) is 4.16. The minimum absolute atomic E-state index is 0.00314. The van der Waals surface area contributed by atoms with Crippen LogP contribution >= 0.6 is 0 Å². The SMILES string of the molecule is CN1C(=O)CCc2cc(NC(=O)c3ccccc3C(F)(F)F)ccc21. The van der Waals surface area contributed by atoms with Crippen molar-refractivity contribution in [1.82, 2.24) is 0 Å². The highest BCUT2D eigenvalue weighted by Gasteiger charge is 2.34. The molecule has 1 aliphatic rings. The summed E-state index contributed by atoms with van der Waals surface area (Å²) in [5, 5.41) is 2.50. The van der Waals surface area contributed by atoms with Gasteiger partial charge >= 0.3 is 6.18 Å². The number of hydrogen-bond acceptors (Lipinski definition) is 2. The van der Waals surface area contributed by atoms with Crippen LogP contribution in [0, 0.1) is 0 Å². The molecule has 0 saturated heterocycles. The number of carbonyl (C=O) groups is 2. The summed E-state index contributed by atoms with van der Waals surface area (Å²) >= 11 is 0. The van der Waals surface area contributed by atoms with E-state index in [0.29, 0.717) is 18.5 Å². The van der Waals surface area contributed by atoms with E-state index in [0.717, 1.165) is 23.4 Å². The number of amides is 2. The molecule has 3 rings (SSSR count). The van der Waals surface area contributed by atoms with Gasteiger partial charge in [-0.2, -0.15) is 13.2 Å². The lowest BCUT2D eigenvalue weighted by atomic mass is 10.0. The fraction of sp³-hybridized carbons (Fsp3) is 0.222. The Morgan fingerprint density at radius 1 is 1.12 bits per heavy atom. The average Bonchev–Trinajstić information content (AvgIpc) is 2.57. The highest BCUT2D eigenvalue weighted by Crippen LogP contribution is 2.33. The number of aryl methyl sites for hydroxylation is 1. The summed E-state index contributed by atoms with van der Waals surface area (Å²) in [6.07, 6.45) is -3.72. The molecule has 1 aliphatic heterocycles. The molecule has 0 aromatic heterocycles. The number of fused-ring (bicyclic) bond motifs is 1. The summed E-state index contributed by atoms with van der Waals surface area (Å²) in [6.45, 7) is 0. The van der Waals surface area contributed by atoms with Crippen LogP contribution < -0.4 is 10.2 Å². The van der Waals surface area contributed by atoms with Crippen molar-refractivity contribution in [3.63, 3.8) is 0 Å². The molecule has 0 aliphatic carbocycles. The quantitative estimate of drug-likeness (QED) is 0.896. The first-order valence-electron chi connectivity index (χ1n) is 7.64. The van der Waals surface area contributed by atoms with Gasteiger partial charge in [0.2, 0.25) is 5.91 Å². The molecule has 4 nitrogen and oxygen atoms in total. The van der Waals surface area contributed by atoms with E-state index >= 15 is 0 Å². The van der Waals surface area contributed by atoms with Crippen molar-refractivity contribution in [2.24, 2.45) is 0 Å². The minimum Gasteiger partial charge on any atom is -0.322 e. The summed E-state index contributed by atoms with van der Waals surface area (Å²) < 4.78 is 39.1. The molecule has 7 heteroatoms. The van der Waals surface area contributed by atoms with Gasteiger partial charge in [-0.25, -0.2) is 0 Å². The lowest BCUT2D eigenvalue weighted by Crippen LogP contribution is -2.31. The van der Waals surface area contributed by atoms with Crippen LogP contribution in [0.15, 0.2) is 42.5 Å². The zero-order valence-corrected chi connectivity index (χ0v) is 13.4. The molecule has 0 radical (unpaired) electrons. The van der Waals surface area contributed by atoms with Crippen LogP contribution in [0.1, 0.15) is 27.9 Å². The van der Waals surface area contributed by atoms with E-state index in [2.05, 4.69) is 5.32 Å². The van der Waals surface area contributed by atoms with Gasteiger partial charge in [0.05, 0.1) is 11.1 Å². The summed E-state index contributed by atoms with van der Waals surface area (Å²) in [5.74, 6) is -0.823. The molecular formula is C18H15F3N2O2. The average molecular weight is 348 g/mol. The van der Waals surface area contributed by atoms with E-state index in [4.69, 9.17) is 0 Å². The molecule has 0 atom stereocenters. The predicted molar refractivity (Wildman–Crippen MR) is 87.6 cm³/mol. The molecule has 0 bridgehead atoms. The zero-order chi connectivity index (χ0) is 18.2. The second kappa shape index (κ2) is 6.23. The molecule has 0 fully saturated rings. The number of halogens is 3. The number of nitrogens with zero attached hydrogens (tertiary/aromatic N) is 1. The summed E-state index contributed by atoms with van der Waals surface area (Å²) in [5.41, 5.74) is 0.591. The maximum Gasteiger partial charge on any atom is 0.417 e. The van der Waals surface area contributed by atoms with E-state index in [1.807, 2.05) is 0 Å². The fourth-order valence-corrected chi connectivity index (χ4v) is 2.86. The Balaban J connectivity index is 1.87. The Hall–Kier alpha value is -2.83. The van der Waals surface area contributed by atoms with Crippen LogP contribution in [0.4, 0.5) is 24.5 Å². The Kier molecular flexibility index (Phi) is 4.24. The number of anilines is 2. The number of rotatable bonds is 2. The Bertz CT molecular complexity index is 846. The number of benzene rings is 2. The van der Waals surface area contributed by atoms with Gasteiger partial charge in [-0.05, 0) is 42.3 Å². The standard InChI is InChI=1S/C18H15F3N2O2/c1-23-15-8-7-12(10-11(15)6-9-16(23)24)22-17(25)13-4-2-3-5-14(13)18(19,20)21/h2-5,7-8,10H,6,9H2,1H3,(H,22,25). The van der Waals surface area contributed by atoms with Gasteiger partial charge in [0.15, 0.2) is 0 Å². The van der Waals surface area contributed by atoms with E-state index in [-0.39, 0.29) is 5.91 Å². The molecule has 2 amide bonds. The topological polar surface area (TPSA) is 49.4 Å². The van der Waals surface area contributed by atoms with Gasteiger partial charge in [0, 0.05) is 24.8 Å². The molecule has 0 saturated carbocycles. The van der Waals surface area contributed by atoms with Gasteiger partial charge in [-0.15, -0.1) is 0 Å². The third kappa shape index (κ3) is 3.35. The van der Waals surface area contributed by atoms with Crippen LogP contribution in [0.5, 0.6) is 0 Å². The van der Waals surface area contributed by atoms with E-state index in [1.54, 1.807) is 25.2 Å².